The summed E-state index contributed by atoms with van der Waals surface area (Å²) in [6.07, 6.45) is 2.33. The lowest BCUT2D eigenvalue weighted by molar-refractivity contribution is -0.138. The predicted octanol–water partition coefficient (Wildman–Crippen LogP) is 1.76. The van der Waals surface area contributed by atoms with Gasteiger partial charge < -0.3 is 19.4 Å². The molecule has 40 heavy (non-hydrogen) atoms. The summed E-state index contributed by atoms with van der Waals surface area (Å²) >= 11 is 0. The Bertz CT molecular complexity index is 1590. The van der Waals surface area contributed by atoms with Crippen molar-refractivity contribution in [1.82, 2.24) is 19.5 Å². The minimum atomic E-state index is -4.55. The van der Waals surface area contributed by atoms with E-state index in [9.17, 15) is 27.6 Å². The van der Waals surface area contributed by atoms with Gasteiger partial charge in [-0.1, -0.05) is 19.4 Å². The fraction of sp³-hybridized carbons (Fsp3) is 0.370. The van der Waals surface area contributed by atoms with Gasteiger partial charge in [-0.25, -0.2) is 8.42 Å². The molecule has 3 atom stereocenters. The van der Waals surface area contributed by atoms with Crippen LogP contribution in [0.15, 0.2) is 53.1 Å². The van der Waals surface area contributed by atoms with Crippen LogP contribution in [-0.2, 0) is 19.6 Å². The van der Waals surface area contributed by atoms with Crippen LogP contribution in [0.1, 0.15) is 47.2 Å². The van der Waals surface area contributed by atoms with E-state index in [0.29, 0.717) is 29.6 Å². The molecule has 2 aliphatic heterocycles. The van der Waals surface area contributed by atoms with E-state index < -0.39 is 57.4 Å². The van der Waals surface area contributed by atoms with Gasteiger partial charge in [-0.05, 0) is 49.2 Å². The number of aromatic nitrogens is 1. The first-order valence-electron chi connectivity index (χ1n) is 12.8. The third-order valence-corrected chi connectivity index (χ3v) is 8.90. The summed E-state index contributed by atoms with van der Waals surface area (Å²) in [6, 6.07) is 8.09. The summed E-state index contributed by atoms with van der Waals surface area (Å²) in [5.41, 5.74) is 0.226. The molecule has 3 aromatic rings. The minimum Gasteiger partial charge on any atom is -0.497 e. The minimum absolute atomic E-state index is 0.0127. The number of amides is 2. The van der Waals surface area contributed by atoms with E-state index >= 15 is 0 Å². The molecule has 2 fully saturated rings. The number of hydrogen-bond acceptors (Lipinski definition) is 9. The number of carbonyl (C=O) groups is 4. The quantitative estimate of drug-likeness (QED) is 0.428. The van der Waals surface area contributed by atoms with Gasteiger partial charge in [0, 0.05) is 18.1 Å². The number of pyridine rings is 1. The number of ether oxygens (including phenoxy) is 1. The predicted molar refractivity (Wildman–Crippen MR) is 142 cm³/mol. The number of fused-ring (bicyclic) bond motifs is 2. The summed E-state index contributed by atoms with van der Waals surface area (Å²) < 4.78 is 38.0. The molecule has 2 saturated heterocycles. The van der Waals surface area contributed by atoms with Crippen LogP contribution in [0, 0.1) is 0 Å². The average molecular weight is 569 g/mol. The summed E-state index contributed by atoms with van der Waals surface area (Å²) in [7, 11) is -3.02. The Kier molecular flexibility index (Phi) is 7.43. The third kappa shape index (κ3) is 4.86. The number of nitrogens with zero attached hydrogens (tertiary/aromatic N) is 3. The van der Waals surface area contributed by atoms with Crippen molar-refractivity contribution in [2.45, 2.75) is 44.3 Å². The van der Waals surface area contributed by atoms with Crippen molar-refractivity contribution >= 4 is 43.7 Å². The molecule has 1 N–H and O–H groups in total. The Hall–Kier alpha value is -4.10. The monoisotopic (exact) mass is 568 g/mol. The zero-order valence-corrected chi connectivity index (χ0v) is 22.7. The van der Waals surface area contributed by atoms with Crippen molar-refractivity contribution in [3.8, 4) is 5.75 Å². The van der Waals surface area contributed by atoms with Gasteiger partial charge in [0.05, 0.1) is 19.7 Å². The molecule has 12 nitrogen and oxygen atoms in total. The van der Waals surface area contributed by atoms with Crippen LogP contribution in [0.25, 0.3) is 11.0 Å². The van der Waals surface area contributed by atoms with E-state index in [1.165, 1.54) is 30.3 Å². The summed E-state index contributed by atoms with van der Waals surface area (Å²) in [5, 5.41) is 2.17. The Morgan fingerprint density at radius 2 is 2.00 bits per heavy atom. The van der Waals surface area contributed by atoms with Crippen molar-refractivity contribution in [2.75, 3.05) is 20.2 Å². The van der Waals surface area contributed by atoms with Crippen molar-refractivity contribution in [3.05, 3.63) is 60.1 Å². The van der Waals surface area contributed by atoms with Gasteiger partial charge in [0.1, 0.15) is 29.1 Å². The van der Waals surface area contributed by atoms with Gasteiger partial charge in [-0.2, -0.15) is 4.31 Å². The maximum atomic E-state index is 13.6. The number of rotatable bonds is 8. The van der Waals surface area contributed by atoms with Crippen LogP contribution in [0.5, 0.6) is 5.75 Å². The molecule has 3 unspecified atom stereocenters. The van der Waals surface area contributed by atoms with Gasteiger partial charge in [0.25, 0.3) is 15.9 Å². The number of hydrogen-bond donors (Lipinski definition) is 1. The fourth-order valence-corrected chi connectivity index (χ4v) is 6.77. The molecule has 2 aliphatic rings. The molecule has 210 valence electrons. The fourth-order valence-electron chi connectivity index (χ4n) is 5.30. The second-order valence-electron chi connectivity index (χ2n) is 9.68. The van der Waals surface area contributed by atoms with Crippen LogP contribution in [0.4, 0.5) is 0 Å². The number of carbonyl (C=O) groups excluding carboxylic acids is 4. The maximum absolute atomic E-state index is 13.6. The summed E-state index contributed by atoms with van der Waals surface area (Å²) in [4.78, 5) is 57.6. The third-order valence-electron chi connectivity index (χ3n) is 7.21. The summed E-state index contributed by atoms with van der Waals surface area (Å²) in [5.74, 6) is -0.966. The van der Waals surface area contributed by atoms with Crippen LogP contribution >= 0.6 is 0 Å². The number of ketones is 1. The average Bonchev–Trinajstić information content (AvgIpc) is 3.67. The van der Waals surface area contributed by atoms with Crippen molar-refractivity contribution < 1.29 is 36.7 Å². The lowest BCUT2D eigenvalue weighted by Gasteiger charge is -2.28. The largest absolute Gasteiger partial charge is 0.497 e. The number of nitrogens with one attached hydrogen (secondary N) is 1. The number of likely N-dealkylation sites (tertiary alicyclic amines) is 1. The number of sulfonamides is 1. The molecular formula is C27H28N4O8S. The van der Waals surface area contributed by atoms with Gasteiger partial charge in [0.15, 0.2) is 11.5 Å². The molecular weight excluding hydrogens is 540 g/mol. The topological polar surface area (TPSA) is 156 Å². The Morgan fingerprint density at radius 1 is 1.20 bits per heavy atom. The molecule has 1 aromatic carbocycles. The van der Waals surface area contributed by atoms with Crippen molar-refractivity contribution in [2.24, 2.45) is 0 Å². The highest BCUT2D eigenvalue weighted by Gasteiger charge is 2.55. The molecule has 2 aromatic heterocycles. The van der Waals surface area contributed by atoms with Gasteiger partial charge in [-0.15, -0.1) is 0 Å². The number of benzene rings is 1. The Morgan fingerprint density at radius 3 is 2.70 bits per heavy atom. The highest BCUT2D eigenvalue weighted by atomic mass is 32.2. The second-order valence-corrected chi connectivity index (χ2v) is 11.5. The molecule has 5 rings (SSSR count). The normalized spacial score (nSPS) is 19.9. The van der Waals surface area contributed by atoms with Crippen LogP contribution in [0.2, 0.25) is 0 Å². The van der Waals surface area contributed by atoms with Crippen molar-refractivity contribution in [1.29, 1.82) is 0 Å². The van der Waals surface area contributed by atoms with Crippen LogP contribution in [-0.4, -0.2) is 83.6 Å². The molecule has 0 aliphatic carbocycles. The Balaban J connectivity index is 1.33. The number of furan rings is 1. The first-order valence-corrected chi connectivity index (χ1v) is 14.3. The van der Waals surface area contributed by atoms with Gasteiger partial charge in [0.2, 0.25) is 5.91 Å². The van der Waals surface area contributed by atoms with E-state index in [1.807, 2.05) is 6.92 Å². The molecule has 0 radical (unpaired) electrons. The second kappa shape index (κ2) is 10.8. The van der Waals surface area contributed by atoms with Crippen LogP contribution in [0.3, 0.4) is 0 Å². The Labute approximate surface area is 230 Å². The van der Waals surface area contributed by atoms with Crippen LogP contribution < -0.4 is 10.1 Å². The first kappa shape index (κ1) is 27.5. The lowest BCUT2D eigenvalue weighted by Crippen LogP contribution is -2.52. The van der Waals surface area contributed by atoms with Crippen molar-refractivity contribution in [3.63, 3.8) is 0 Å². The standard InChI is InChI=1S/C27H28N4O8S/c1-3-6-18(29-25(33)23-14-16-13-17(38-2)8-9-22(16)39-23)26(34)30-12-10-20-24(30)21(32)15-31(20)40(36,37)27(35)19-7-4-5-11-28-19/h4-5,7-9,11,13-14,18,20,24H,3,6,10,12,15H2,1-2H3,(H,29,33). The molecule has 0 saturated carbocycles. The number of methoxy groups -OCH3 is 1. The molecule has 4 heterocycles. The molecule has 0 bridgehead atoms. The molecule has 13 heteroatoms. The molecule has 0 spiro atoms. The maximum Gasteiger partial charge on any atom is 0.310 e. The van der Waals surface area contributed by atoms with E-state index in [0.717, 1.165) is 4.31 Å². The molecule has 2 amide bonds. The number of Topliss-reactive ketones (excluding diaryl/α,β-unsaturated/α-hetero) is 1. The lowest BCUT2D eigenvalue weighted by atomic mass is 10.1. The van der Waals surface area contributed by atoms with E-state index in [4.69, 9.17) is 9.15 Å². The highest BCUT2D eigenvalue weighted by Crippen LogP contribution is 2.33. The highest BCUT2D eigenvalue weighted by molar-refractivity contribution is 8.04. The smallest absolute Gasteiger partial charge is 0.310 e. The SMILES string of the molecule is CCCC(NC(=O)c1cc2cc(OC)ccc2o1)C(=O)N1CCC2C1C(=O)CN2S(=O)(=O)C(=O)c1ccccn1. The van der Waals surface area contributed by atoms with Gasteiger partial charge in [-0.3, -0.25) is 24.2 Å². The van der Waals surface area contributed by atoms with E-state index in [2.05, 4.69) is 10.3 Å². The zero-order valence-electron chi connectivity index (χ0n) is 21.9. The first-order chi connectivity index (χ1) is 19.1. The zero-order chi connectivity index (χ0) is 28.6. The van der Waals surface area contributed by atoms with E-state index in [1.54, 1.807) is 30.3 Å². The van der Waals surface area contributed by atoms with E-state index in [-0.39, 0.29) is 24.4 Å². The van der Waals surface area contributed by atoms with Gasteiger partial charge >= 0.3 is 5.12 Å². The summed E-state index contributed by atoms with van der Waals surface area (Å²) in [6.45, 7) is 1.43.